The van der Waals surface area contributed by atoms with Gasteiger partial charge in [0.1, 0.15) is 0 Å². The van der Waals surface area contributed by atoms with Gasteiger partial charge in [0.15, 0.2) is 0 Å². The van der Waals surface area contributed by atoms with Crippen molar-refractivity contribution < 1.29 is 0 Å². The quantitative estimate of drug-likeness (QED) is 0.587. The Morgan fingerprint density at radius 1 is 0.882 bits per heavy atom. The topological polar surface area (TPSA) is 4.93 Å². The molecule has 3 aromatic rings. The summed E-state index contributed by atoms with van der Waals surface area (Å²) in [5.74, 6) is 0.526. The molecule has 0 amide bonds. The lowest BCUT2D eigenvalue weighted by Gasteiger charge is -2.10. The summed E-state index contributed by atoms with van der Waals surface area (Å²) in [7, 11) is 0. The fraction of sp³-hybridized carbons (Fsp3) is 0.0667. The highest BCUT2D eigenvalue weighted by Gasteiger charge is 2.05. The van der Waals surface area contributed by atoms with Gasteiger partial charge in [-0.3, -0.25) is 0 Å². The molecule has 1 heterocycles. The standard InChI is InChI=1S/C15H12ClN/c16-11-14-9-12-5-1-2-6-13(12)10-15(14)17-7-3-4-8-17/h1-10H,11H2. The highest BCUT2D eigenvalue weighted by Crippen LogP contribution is 2.24. The van der Waals surface area contributed by atoms with Gasteiger partial charge in [-0.2, -0.15) is 0 Å². The molecule has 84 valence electrons. The van der Waals surface area contributed by atoms with Gasteiger partial charge in [-0.1, -0.05) is 24.3 Å². The van der Waals surface area contributed by atoms with E-state index in [0.717, 1.165) is 11.3 Å². The molecule has 0 saturated carbocycles. The van der Waals surface area contributed by atoms with Crippen molar-refractivity contribution in [3.63, 3.8) is 0 Å². The highest BCUT2D eigenvalue weighted by molar-refractivity contribution is 6.17. The number of aromatic nitrogens is 1. The first-order valence-electron chi connectivity index (χ1n) is 5.59. The molecule has 0 unspecified atom stereocenters. The second-order valence-corrected chi connectivity index (χ2v) is 4.32. The van der Waals surface area contributed by atoms with Gasteiger partial charge in [0, 0.05) is 24.0 Å². The van der Waals surface area contributed by atoms with Crippen LogP contribution in [0.25, 0.3) is 16.5 Å². The summed E-state index contributed by atoms with van der Waals surface area (Å²) in [6.07, 6.45) is 4.08. The predicted molar refractivity (Wildman–Crippen MR) is 72.8 cm³/mol. The maximum absolute atomic E-state index is 6.04. The molecule has 2 aromatic carbocycles. The number of nitrogens with zero attached hydrogens (tertiary/aromatic N) is 1. The summed E-state index contributed by atoms with van der Waals surface area (Å²) < 4.78 is 2.10. The Kier molecular flexibility index (Phi) is 2.62. The Morgan fingerprint density at radius 3 is 2.18 bits per heavy atom. The number of rotatable bonds is 2. The molecule has 1 aromatic heterocycles. The Hall–Kier alpha value is -1.73. The third kappa shape index (κ3) is 1.83. The van der Waals surface area contributed by atoms with E-state index in [1.807, 2.05) is 24.5 Å². The molecule has 1 nitrogen and oxygen atoms in total. The zero-order chi connectivity index (χ0) is 11.7. The van der Waals surface area contributed by atoms with Crippen LogP contribution in [0.1, 0.15) is 5.56 Å². The van der Waals surface area contributed by atoms with Crippen molar-refractivity contribution in [3.05, 3.63) is 66.5 Å². The minimum absolute atomic E-state index is 0.526. The molecule has 0 atom stereocenters. The molecule has 17 heavy (non-hydrogen) atoms. The number of alkyl halides is 1. The number of benzene rings is 2. The van der Waals surface area contributed by atoms with Crippen LogP contribution < -0.4 is 0 Å². The maximum atomic E-state index is 6.04. The summed E-state index contributed by atoms with van der Waals surface area (Å²) in [6, 6.07) is 16.7. The molecule has 0 bridgehead atoms. The Labute approximate surface area is 105 Å². The van der Waals surface area contributed by atoms with E-state index in [-0.39, 0.29) is 0 Å². The van der Waals surface area contributed by atoms with Gasteiger partial charge in [0.2, 0.25) is 0 Å². The van der Waals surface area contributed by atoms with Gasteiger partial charge in [-0.25, -0.2) is 0 Å². The molecule has 0 fully saturated rings. The SMILES string of the molecule is ClCc1cc2ccccc2cc1-n1cccc1. The van der Waals surface area contributed by atoms with Crippen LogP contribution in [0.5, 0.6) is 0 Å². The zero-order valence-electron chi connectivity index (χ0n) is 9.31. The predicted octanol–water partition coefficient (Wildman–Crippen LogP) is 4.37. The van der Waals surface area contributed by atoms with Crippen molar-refractivity contribution >= 4 is 22.4 Å². The smallest absolute Gasteiger partial charge is 0.0499 e. The van der Waals surface area contributed by atoms with E-state index < -0.39 is 0 Å². The molecule has 0 N–H and O–H groups in total. The number of halogens is 1. The van der Waals surface area contributed by atoms with E-state index in [1.54, 1.807) is 0 Å². The van der Waals surface area contributed by atoms with Crippen LogP contribution in [0.3, 0.4) is 0 Å². The molecule has 0 aliphatic rings. The van der Waals surface area contributed by atoms with E-state index in [0.29, 0.717) is 5.88 Å². The van der Waals surface area contributed by atoms with E-state index in [1.165, 1.54) is 10.8 Å². The Bertz CT molecular complexity index is 641. The van der Waals surface area contributed by atoms with Crippen molar-refractivity contribution in [2.75, 3.05) is 0 Å². The van der Waals surface area contributed by atoms with Crippen LogP contribution in [-0.2, 0) is 5.88 Å². The summed E-state index contributed by atoms with van der Waals surface area (Å²) in [4.78, 5) is 0. The van der Waals surface area contributed by atoms with Gasteiger partial charge in [-0.15, -0.1) is 11.6 Å². The Morgan fingerprint density at radius 2 is 1.53 bits per heavy atom. The first-order valence-corrected chi connectivity index (χ1v) is 6.13. The molecule has 0 saturated heterocycles. The molecular weight excluding hydrogens is 230 g/mol. The van der Waals surface area contributed by atoms with Crippen LogP contribution in [0.15, 0.2) is 60.9 Å². The lowest BCUT2D eigenvalue weighted by atomic mass is 10.1. The van der Waals surface area contributed by atoms with Gasteiger partial charge in [-0.05, 0) is 40.6 Å². The summed E-state index contributed by atoms with van der Waals surface area (Å²) in [5, 5.41) is 2.48. The Balaban J connectivity index is 2.29. The first kappa shape index (κ1) is 10.4. The number of hydrogen-bond acceptors (Lipinski definition) is 0. The second-order valence-electron chi connectivity index (χ2n) is 4.05. The molecule has 0 radical (unpaired) electrons. The minimum atomic E-state index is 0.526. The minimum Gasteiger partial charge on any atom is -0.324 e. The monoisotopic (exact) mass is 241 g/mol. The summed E-state index contributed by atoms with van der Waals surface area (Å²) in [5.41, 5.74) is 2.31. The fourth-order valence-electron chi connectivity index (χ4n) is 2.12. The summed E-state index contributed by atoms with van der Waals surface area (Å²) in [6.45, 7) is 0. The lowest BCUT2D eigenvalue weighted by molar-refractivity contribution is 1.06. The van der Waals surface area contributed by atoms with Gasteiger partial charge >= 0.3 is 0 Å². The number of fused-ring (bicyclic) bond motifs is 1. The van der Waals surface area contributed by atoms with E-state index in [4.69, 9.17) is 11.6 Å². The maximum Gasteiger partial charge on any atom is 0.0499 e. The molecule has 0 aliphatic heterocycles. The third-order valence-electron chi connectivity index (χ3n) is 2.97. The first-order chi connectivity index (χ1) is 8.38. The molecule has 2 heteroatoms. The highest BCUT2D eigenvalue weighted by atomic mass is 35.5. The van der Waals surface area contributed by atoms with Crippen molar-refractivity contribution in [1.29, 1.82) is 0 Å². The normalized spacial score (nSPS) is 10.9. The van der Waals surface area contributed by atoms with Crippen LogP contribution in [0.4, 0.5) is 0 Å². The van der Waals surface area contributed by atoms with E-state index >= 15 is 0 Å². The van der Waals surface area contributed by atoms with Crippen LogP contribution >= 0.6 is 11.6 Å². The molecule has 3 rings (SSSR count). The molecule has 0 spiro atoms. The van der Waals surface area contributed by atoms with Crippen molar-refractivity contribution in [2.45, 2.75) is 5.88 Å². The van der Waals surface area contributed by atoms with E-state index in [2.05, 4.69) is 41.0 Å². The third-order valence-corrected chi connectivity index (χ3v) is 3.26. The average molecular weight is 242 g/mol. The van der Waals surface area contributed by atoms with Gasteiger partial charge in [0.25, 0.3) is 0 Å². The van der Waals surface area contributed by atoms with Crippen LogP contribution in [-0.4, -0.2) is 4.57 Å². The fourth-order valence-corrected chi connectivity index (χ4v) is 2.33. The van der Waals surface area contributed by atoms with Crippen LogP contribution in [0, 0.1) is 0 Å². The largest absolute Gasteiger partial charge is 0.324 e. The van der Waals surface area contributed by atoms with Crippen molar-refractivity contribution in [2.24, 2.45) is 0 Å². The lowest BCUT2D eigenvalue weighted by Crippen LogP contribution is -1.95. The molecule has 0 aliphatic carbocycles. The van der Waals surface area contributed by atoms with E-state index in [9.17, 15) is 0 Å². The zero-order valence-corrected chi connectivity index (χ0v) is 10.1. The summed E-state index contributed by atoms with van der Waals surface area (Å²) >= 11 is 6.04. The van der Waals surface area contributed by atoms with Crippen LogP contribution in [0.2, 0.25) is 0 Å². The average Bonchev–Trinajstić information content (AvgIpc) is 2.91. The molecular formula is C15H12ClN. The van der Waals surface area contributed by atoms with Gasteiger partial charge in [0.05, 0.1) is 0 Å². The number of hydrogen-bond donors (Lipinski definition) is 0. The van der Waals surface area contributed by atoms with Crippen molar-refractivity contribution in [1.82, 2.24) is 4.57 Å². The van der Waals surface area contributed by atoms with Gasteiger partial charge < -0.3 is 4.57 Å². The second kappa shape index (κ2) is 4.27. The van der Waals surface area contributed by atoms with Crippen molar-refractivity contribution in [3.8, 4) is 5.69 Å².